The molecule has 4 N–H and O–H groups in total. The maximum atomic E-state index is 11.4. The molecule has 1 rings (SSSR count). The number of ether oxygens (including phenoxy) is 1. The van der Waals surface area contributed by atoms with Gasteiger partial charge in [0, 0.05) is 19.1 Å². The van der Waals surface area contributed by atoms with Crippen molar-refractivity contribution in [2.24, 2.45) is 5.73 Å². The van der Waals surface area contributed by atoms with Gasteiger partial charge >= 0.3 is 0 Å². The first-order valence-electron chi connectivity index (χ1n) is 4.54. The smallest absolute Gasteiger partial charge is 0.239 e. The molecular formula is C8H17N3O2. The molecule has 0 spiro atoms. The van der Waals surface area contributed by atoms with E-state index < -0.39 is 0 Å². The number of nitrogens with two attached hydrogens (primary N) is 1. The number of hydrogen-bond donors (Lipinski definition) is 3. The molecule has 1 heterocycles. The molecule has 5 heteroatoms. The van der Waals surface area contributed by atoms with E-state index in [0.29, 0.717) is 19.8 Å². The van der Waals surface area contributed by atoms with Crippen molar-refractivity contribution in [1.29, 1.82) is 0 Å². The minimum atomic E-state index is -0.215. The van der Waals surface area contributed by atoms with Crippen LogP contribution in [0.5, 0.6) is 0 Å². The van der Waals surface area contributed by atoms with Crippen LogP contribution in [0.3, 0.4) is 0 Å². The second-order valence-electron chi connectivity index (χ2n) is 3.30. The van der Waals surface area contributed by atoms with E-state index in [1.165, 1.54) is 0 Å². The third-order valence-electron chi connectivity index (χ3n) is 1.84. The Kier molecular flexibility index (Phi) is 4.14. The molecule has 0 radical (unpaired) electrons. The molecule has 1 aliphatic rings. The number of morpholine rings is 1. The second-order valence-corrected chi connectivity index (χ2v) is 3.30. The summed E-state index contributed by atoms with van der Waals surface area (Å²) in [5.74, 6) is -0.0306. The quantitative estimate of drug-likeness (QED) is 0.499. The van der Waals surface area contributed by atoms with Gasteiger partial charge in [-0.25, -0.2) is 0 Å². The highest BCUT2D eigenvalue weighted by Gasteiger charge is 2.20. The average molecular weight is 187 g/mol. The standard InChI is InChI=1S/C8H17N3O2/c1-6(9)4-11-8(12)7-5-13-3-2-10-7/h6-7,10H,2-5,9H2,1H3,(H,11,12). The van der Waals surface area contributed by atoms with Gasteiger partial charge < -0.3 is 21.1 Å². The van der Waals surface area contributed by atoms with Gasteiger partial charge in [-0.05, 0) is 6.92 Å². The predicted molar refractivity (Wildman–Crippen MR) is 49.3 cm³/mol. The van der Waals surface area contributed by atoms with Gasteiger partial charge in [0.25, 0.3) is 0 Å². The lowest BCUT2D eigenvalue weighted by Crippen LogP contribution is -2.52. The van der Waals surface area contributed by atoms with Gasteiger partial charge in [0.2, 0.25) is 5.91 Å². The molecule has 2 unspecified atom stereocenters. The highest BCUT2D eigenvalue weighted by Crippen LogP contribution is 1.92. The lowest BCUT2D eigenvalue weighted by Gasteiger charge is -2.23. The van der Waals surface area contributed by atoms with E-state index in [-0.39, 0.29) is 18.0 Å². The highest BCUT2D eigenvalue weighted by atomic mass is 16.5. The van der Waals surface area contributed by atoms with Crippen LogP contribution in [0, 0.1) is 0 Å². The Hall–Kier alpha value is -0.650. The second kappa shape index (κ2) is 5.16. The van der Waals surface area contributed by atoms with Crippen LogP contribution in [-0.4, -0.2) is 44.3 Å². The minimum Gasteiger partial charge on any atom is -0.378 e. The molecule has 1 aliphatic heterocycles. The summed E-state index contributed by atoms with van der Waals surface area (Å²) in [5, 5.41) is 5.81. The molecule has 0 aliphatic carbocycles. The number of nitrogens with one attached hydrogen (secondary N) is 2. The molecule has 0 saturated carbocycles. The first-order chi connectivity index (χ1) is 6.20. The summed E-state index contributed by atoms with van der Waals surface area (Å²) >= 11 is 0. The van der Waals surface area contributed by atoms with Crippen LogP contribution in [-0.2, 0) is 9.53 Å². The van der Waals surface area contributed by atoms with Crippen LogP contribution in [0.4, 0.5) is 0 Å². The Balaban J connectivity index is 2.21. The largest absolute Gasteiger partial charge is 0.378 e. The first-order valence-corrected chi connectivity index (χ1v) is 4.54. The van der Waals surface area contributed by atoms with Crippen LogP contribution in [0.25, 0.3) is 0 Å². The molecular weight excluding hydrogens is 170 g/mol. The van der Waals surface area contributed by atoms with Crippen molar-refractivity contribution < 1.29 is 9.53 Å². The summed E-state index contributed by atoms with van der Waals surface area (Å²) in [6.07, 6.45) is 0. The van der Waals surface area contributed by atoms with E-state index in [9.17, 15) is 4.79 Å². The van der Waals surface area contributed by atoms with Crippen LogP contribution >= 0.6 is 0 Å². The zero-order valence-electron chi connectivity index (χ0n) is 7.88. The summed E-state index contributed by atoms with van der Waals surface area (Å²) in [6.45, 7) is 4.22. The summed E-state index contributed by atoms with van der Waals surface area (Å²) in [7, 11) is 0. The van der Waals surface area contributed by atoms with Crippen LogP contribution in [0.2, 0.25) is 0 Å². The van der Waals surface area contributed by atoms with Crippen molar-refractivity contribution in [3.05, 3.63) is 0 Å². The monoisotopic (exact) mass is 187 g/mol. The fourth-order valence-electron chi connectivity index (χ4n) is 1.12. The first kappa shape index (κ1) is 10.4. The van der Waals surface area contributed by atoms with Crippen molar-refractivity contribution in [3.63, 3.8) is 0 Å². The third kappa shape index (κ3) is 3.71. The van der Waals surface area contributed by atoms with Crippen LogP contribution < -0.4 is 16.4 Å². The molecule has 1 saturated heterocycles. The molecule has 0 aromatic heterocycles. The van der Waals surface area contributed by atoms with Gasteiger partial charge in [0.15, 0.2) is 0 Å². The maximum absolute atomic E-state index is 11.4. The Morgan fingerprint density at radius 2 is 2.62 bits per heavy atom. The summed E-state index contributed by atoms with van der Waals surface area (Å²) in [4.78, 5) is 11.4. The van der Waals surface area contributed by atoms with E-state index in [1.807, 2.05) is 6.92 Å². The zero-order valence-corrected chi connectivity index (χ0v) is 7.88. The van der Waals surface area contributed by atoms with Crippen molar-refractivity contribution in [2.45, 2.75) is 19.0 Å². The van der Waals surface area contributed by atoms with Crippen LogP contribution in [0.15, 0.2) is 0 Å². The molecule has 1 fully saturated rings. The normalized spacial score (nSPS) is 25.2. The lowest BCUT2D eigenvalue weighted by atomic mass is 10.2. The molecule has 0 bridgehead atoms. The Morgan fingerprint density at radius 3 is 3.15 bits per heavy atom. The van der Waals surface area contributed by atoms with Crippen molar-refractivity contribution in [3.8, 4) is 0 Å². The van der Waals surface area contributed by atoms with Crippen LogP contribution in [0.1, 0.15) is 6.92 Å². The topological polar surface area (TPSA) is 76.4 Å². The number of rotatable bonds is 3. The van der Waals surface area contributed by atoms with Crippen molar-refractivity contribution in [1.82, 2.24) is 10.6 Å². The van der Waals surface area contributed by atoms with E-state index in [2.05, 4.69) is 10.6 Å². The van der Waals surface area contributed by atoms with E-state index in [1.54, 1.807) is 0 Å². The molecule has 13 heavy (non-hydrogen) atoms. The number of carbonyl (C=O) groups is 1. The maximum Gasteiger partial charge on any atom is 0.239 e. The van der Waals surface area contributed by atoms with Gasteiger partial charge in [-0.2, -0.15) is 0 Å². The Morgan fingerprint density at radius 1 is 1.85 bits per heavy atom. The van der Waals surface area contributed by atoms with E-state index in [0.717, 1.165) is 6.54 Å². The number of amides is 1. The van der Waals surface area contributed by atoms with Gasteiger partial charge in [-0.15, -0.1) is 0 Å². The highest BCUT2D eigenvalue weighted by molar-refractivity contribution is 5.81. The predicted octanol–water partition coefficient (Wildman–Crippen LogP) is -1.56. The average Bonchev–Trinajstić information content (AvgIpc) is 2.15. The summed E-state index contributed by atoms with van der Waals surface area (Å²) < 4.78 is 5.16. The van der Waals surface area contributed by atoms with Crippen molar-refractivity contribution >= 4 is 5.91 Å². The molecule has 76 valence electrons. The minimum absolute atomic E-state index is 0.00606. The summed E-state index contributed by atoms with van der Waals surface area (Å²) in [6, 6.07) is -0.221. The van der Waals surface area contributed by atoms with Gasteiger partial charge in [-0.3, -0.25) is 4.79 Å². The fraction of sp³-hybridized carbons (Fsp3) is 0.875. The van der Waals surface area contributed by atoms with Crippen molar-refractivity contribution in [2.75, 3.05) is 26.3 Å². The molecule has 2 atom stereocenters. The van der Waals surface area contributed by atoms with Gasteiger partial charge in [-0.1, -0.05) is 0 Å². The van der Waals surface area contributed by atoms with E-state index in [4.69, 9.17) is 10.5 Å². The SMILES string of the molecule is CC(N)CNC(=O)C1COCCN1. The van der Waals surface area contributed by atoms with Gasteiger partial charge in [0.1, 0.15) is 6.04 Å². The zero-order chi connectivity index (χ0) is 9.68. The molecule has 1 amide bonds. The molecule has 0 aromatic rings. The third-order valence-corrected chi connectivity index (χ3v) is 1.84. The molecule has 0 aromatic carbocycles. The molecule has 5 nitrogen and oxygen atoms in total. The lowest BCUT2D eigenvalue weighted by molar-refractivity contribution is -0.125. The number of hydrogen-bond acceptors (Lipinski definition) is 4. The summed E-state index contributed by atoms with van der Waals surface area (Å²) in [5.41, 5.74) is 5.50. The Labute approximate surface area is 78.0 Å². The Bertz CT molecular complexity index is 167. The fourth-order valence-corrected chi connectivity index (χ4v) is 1.12. The number of carbonyl (C=O) groups excluding carboxylic acids is 1. The van der Waals surface area contributed by atoms with E-state index >= 15 is 0 Å². The van der Waals surface area contributed by atoms with Gasteiger partial charge in [0.05, 0.1) is 13.2 Å².